The van der Waals surface area contributed by atoms with E-state index in [9.17, 15) is 9.59 Å². The van der Waals surface area contributed by atoms with Gasteiger partial charge in [-0.2, -0.15) is 0 Å². The van der Waals surface area contributed by atoms with Gasteiger partial charge in [-0.25, -0.2) is 0 Å². The van der Waals surface area contributed by atoms with Crippen molar-refractivity contribution in [1.82, 2.24) is 10.6 Å². The molecule has 2 rings (SSSR count). The molecule has 6 nitrogen and oxygen atoms in total. The SMILES string of the molecule is CCCCC(CC(C)NC(=O)COC1CCCC1)NC(=O)COc1ccc(Cl)cc1. The lowest BCUT2D eigenvalue weighted by atomic mass is 10.0. The van der Waals surface area contributed by atoms with Crippen molar-refractivity contribution in [2.45, 2.75) is 83.4 Å². The molecule has 1 aromatic rings. The van der Waals surface area contributed by atoms with E-state index in [1.165, 1.54) is 12.8 Å². The number of carbonyl (C=O) groups is 2. The summed E-state index contributed by atoms with van der Waals surface area (Å²) >= 11 is 5.86. The Bertz CT molecular complexity index is 647. The molecule has 0 aliphatic heterocycles. The molecule has 2 N–H and O–H groups in total. The Hall–Kier alpha value is -1.79. The zero-order chi connectivity index (χ0) is 21.8. The lowest BCUT2D eigenvalue weighted by Gasteiger charge is -2.23. The number of unbranched alkanes of at least 4 members (excludes halogenated alkanes) is 1. The second-order valence-corrected chi connectivity index (χ2v) is 8.51. The fourth-order valence-electron chi connectivity index (χ4n) is 3.70. The summed E-state index contributed by atoms with van der Waals surface area (Å²) in [5.74, 6) is 0.331. The van der Waals surface area contributed by atoms with Crippen molar-refractivity contribution in [2.24, 2.45) is 0 Å². The fourth-order valence-corrected chi connectivity index (χ4v) is 3.83. The molecule has 1 aromatic carbocycles. The van der Waals surface area contributed by atoms with Crippen LogP contribution in [0.25, 0.3) is 0 Å². The third kappa shape index (κ3) is 9.81. The number of halogens is 1. The van der Waals surface area contributed by atoms with E-state index in [1.54, 1.807) is 24.3 Å². The first kappa shape index (κ1) is 24.5. The smallest absolute Gasteiger partial charge is 0.258 e. The van der Waals surface area contributed by atoms with E-state index in [4.69, 9.17) is 21.1 Å². The van der Waals surface area contributed by atoms with Gasteiger partial charge in [0.25, 0.3) is 5.91 Å². The molecule has 1 saturated carbocycles. The zero-order valence-corrected chi connectivity index (χ0v) is 18.9. The second kappa shape index (κ2) is 13.5. The highest BCUT2D eigenvalue weighted by molar-refractivity contribution is 6.30. The van der Waals surface area contributed by atoms with E-state index < -0.39 is 0 Å². The normalized spacial score (nSPS) is 16.1. The minimum absolute atomic E-state index is 0.0164. The molecule has 30 heavy (non-hydrogen) atoms. The van der Waals surface area contributed by atoms with Gasteiger partial charge in [-0.15, -0.1) is 0 Å². The van der Waals surface area contributed by atoms with Gasteiger partial charge >= 0.3 is 0 Å². The van der Waals surface area contributed by atoms with Crippen molar-refractivity contribution in [1.29, 1.82) is 0 Å². The first-order valence-electron chi connectivity index (χ1n) is 11.0. The minimum atomic E-state index is -0.172. The highest BCUT2D eigenvalue weighted by Gasteiger charge is 2.19. The van der Waals surface area contributed by atoms with Gasteiger partial charge in [0.1, 0.15) is 12.4 Å². The Morgan fingerprint density at radius 2 is 1.77 bits per heavy atom. The Balaban J connectivity index is 1.73. The summed E-state index contributed by atoms with van der Waals surface area (Å²) in [4.78, 5) is 24.5. The highest BCUT2D eigenvalue weighted by Crippen LogP contribution is 2.20. The van der Waals surface area contributed by atoms with Crippen molar-refractivity contribution < 1.29 is 19.1 Å². The van der Waals surface area contributed by atoms with Crippen LogP contribution in [0.2, 0.25) is 5.02 Å². The van der Waals surface area contributed by atoms with Crippen LogP contribution in [0.5, 0.6) is 5.75 Å². The van der Waals surface area contributed by atoms with Crippen LogP contribution in [0, 0.1) is 0 Å². The van der Waals surface area contributed by atoms with Crippen molar-refractivity contribution in [2.75, 3.05) is 13.2 Å². The van der Waals surface area contributed by atoms with Crippen molar-refractivity contribution in [3.05, 3.63) is 29.3 Å². The molecule has 0 heterocycles. The molecule has 1 aliphatic rings. The summed E-state index contributed by atoms with van der Waals surface area (Å²) in [5, 5.41) is 6.65. The molecule has 0 saturated heterocycles. The van der Waals surface area contributed by atoms with Crippen LogP contribution < -0.4 is 15.4 Å². The van der Waals surface area contributed by atoms with Gasteiger partial charge in [0.2, 0.25) is 5.91 Å². The molecule has 2 amide bonds. The van der Waals surface area contributed by atoms with E-state index in [0.29, 0.717) is 17.2 Å². The standard InChI is InChI=1S/C23H35ClN2O4/c1-3-4-7-19(26-23(28)16-30-21-12-10-18(24)11-13-21)14-17(2)25-22(27)15-29-20-8-5-6-9-20/h10-13,17,19-20H,3-9,14-16H2,1-2H3,(H,25,27)(H,26,28). The van der Waals surface area contributed by atoms with Gasteiger partial charge in [0.15, 0.2) is 6.61 Å². The van der Waals surface area contributed by atoms with Crippen molar-refractivity contribution in [3.8, 4) is 5.75 Å². The molecule has 0 radical (unpaired) electrons. The molecule has 2 atom stereocenters. The number of amides is 2. The van der Waals surface area contributed by atoms with Gasteiger partial charge in [-0.3, -0.25) is 9.59 Å². The van der Waals surface area contributed by atoms with Crippen LogP contribution in [0.15, 0.2) is 24.3 Å². The summed E-state index contributed by atoms with van der Waals surface area (Å²) in [5.41, 5.74) is 0. The maximum absolute atomic E-state index is 12.3. The molecule has 1 fully saturated rings. The summed E-state index contributed by atoms with van der Waals surface area (Å²) in [7, 11) is 0. The van der Waals surface area contributed by atoms with E-state index in [-0.39, 0.29) is 43.2 Å². The van der Waals surface area contributed by atoms with Gasteiger partial charge in [0, 0.05) is 17.1 Å². The quantitative estimate of drug-likeness (QED) is 0.482. The molecular formula is C23H35ClN2O4. The number of hydrogen-bond acceptors (Lipinski definition) is 4. The Morgan fingerprint density at radius 3 is 2.43 bits per heavy atom. The largest absolute Gasteiger partial charge is 0.484 e. The monoisotopic (exact) mass is 438 g/mol. The van der Waals surface area contributed by atoms with Crippen molar-refractivity contribution >= 4 is 23.4 Å². The Kier molecular flexibility index (Phi) is 11.0. The molecule has 7 heteroatoms. The number of rotatable bonds is 13. The summed E-state index contributed by atoms with van der Waals surface area (Å²) in [6, 6.07) is 6.84. The lowest BCUT2D eigenvalue weighted by molar-refractivity contribution is -0.128. The van der Waals surface area contributed by atoms with Crippen LogP contribution in [-0.4, -0.2) is 43.2 Å². The summed E-state index contributed by atoms with van der Waals surface area (Å²) in [6.07, 6.45) is 8.27. The number of carbonyl (C=O) groups excluding carboxylic acids is 2. The predicted octanol–water partition coefficient (Wildman–Crippen LogP) is 4.25. The molecule has 0 aromatic heterocycles. The fraction of sp³-hybridized carbons (Fsp3) is 0.652. The molecule has 168 valence electrons. The number of ether oxygens (including phenoxy) is 2. The number of nitrogens with one attached hydrogen (secondary N) is 2. The molecular weight excluding hydrogens is 404 g/mol. The number of benzene rings is 1. The maximum Gasteiger partial charge on any atom is 0.258 e. The topological polar surface area (TPSA) is 76.7 Å². The first-order chi connectivity index (χ1) is 14.5. The van der Waals surface area contributed by atoms with E-state index in [2.05, 4.69) is 17.6 Å². The van der Waals surface area contributed by atoms with Gasteiger partial charge in [-0.05, 0) is 56.9 Å². The van der Waals surface area contributed by atoms with Crippen LogP contribution in [0.1, 0.15) is 65.2 Å². The summed E-state index contributed by atoms with van der Waals surface area (Å²) < 4.78 is 11.2. The lowest BCUT2D eigenvalue weighted by Crippen LogP contribution is -2.44. The molecule has 1 aliphatic carbocycles. The Labute approximate surface area is 185 Å². The third-order valence-electron chi connectivity index (χ3n) is 5.25. The molecule has 2 unspecified atom stereocenters. The average Bonchev–Trinajstić information content (AvgIpc) is 3.23. The van der Waals surface area contributed by atoms with Gasteiger partial charge in [-0.1, -0.05) is 44.2 Å². The average molecular weight is 439 g/mol. The Morgan fingerprint density at radius 1 is 1.10 bits per heavy atom. The maximum atomic E-state index is 12.3. The highest BCUT2D eigenvalue weighted by atomic mass is 35.5. The van der Waals surface area contributed by atoms with E-state index >= 15 is 0 Å². The summed E-state index contributed by atoms with van der Waals surface area (Å²) in [6.45, 7) is 4.13. The first-order valence-corrected chi connectivity index (χ1v) is 11.4. The number of hydrogen-bond donors (Lipinski definition) is 2. The van der Waals surface area contributed by atoms with Crippen LogP contribution in [-0.2, 0) is 14.3 Å². The van der Waals surface area contributed by atoms with Crippen LogP contribution >= 0.6 is 11.6 Å². The zero-order valence-electron chi connectivity index (χ0n) is 18.1. The van der Waals surface area contributed by atoms with Crippen molar-refractivity contribution in [3.63, 3.8) is 0 Å². The van der Waals surface area contributed by atoms with Gasteiger partial charge < -0.3 is 20.1 Å². The third-order valence-corrected chi connectivity index (χ3v) is 5.50. The second-order valence-electron chi connectivity index (χ2n) is 8.07. The van der Waals surface area contributed by atoms with Crippen LogP contribution in [0.4, 0.5) is 0 Å². The van der Waals surface area contributed by atoms with E-state index in [1.807, 2.05) is 6.92 Å². The van der Waals surface area contributed by atoms with E-state index in [0.717, 1.165) is 32.1 Å². The predicted molar refractivity (Wildman–Crippen MR) is 119 cm³/mol. The van der Waals surface area contributed by atoms with Gasteiger partial charge in [0.05, 0.1) is 6.10 Å². The van der Waals surface area contributed by atoms with Crippen LogP contribution in [0.3, 0.4) is 0 Å². The molecule has 0 spiro atoms. The molecule has 0 bridgehead atoms. The minimum Gasteiger partial charge on any atom is -0.484 e.